The first-order valence-electron chi connectivity index (χ1n) is 5.90. The fourth-order valence-corrected chi connectivity index (χ4v) is 1.54. The van der Waals surface area contributed by atoms with Crippen LogP contribution in [0.2, 0.25) is 0 Å². The van der Waals surface area contributed by atoms with Gasteiger partial charge >= 0.3 is 5.97 Å². The SMILES string of the molecule is CCCCCCCCCC(=O)CC(=O)O. The van der Waals surface area contributed by atoms with Gasteiger partial charge in [0.2, 0.25) is 0 Å². The van der Waals surface area contributed by atoms with Gasteiger partial charge in [-0.25, -0.2) is 0 Å². The average Bonchev–Trinajstić information content (AvgIpc) is 2.15. The van der Waals surface area contributed by atoms with Crippen LogP contribution < -0.4 is 0 Å². The number of carbonyl (C=O) groups excluding carboxylic acids is 1. The Morgan fingerprint density at radius 3 is 2.00 bits per heavy atom. The Bertz CT molecular complexity index is 187. The van der Waals surface area contributed by atoms with Crippen molar-refractivity contribution in [1.82, 2.24) is 0 Å². The second-order valence-electron chi connectivity index (χ2n) is 3.98. The summed E-state index contributed by atoms with van der Waals surface area (Å²) in [7, 11) is 0. The normalized spacial score (nSPS) is 10.2. The number of aliphatic carboxylic acids is 1. The molecule has 0 fully saturated rings. The highest BCUT2D eigenvalue weighted by molar-refractivity contribution is 5.94. The molecular weight excluding hydrogens is 192 g/mol. The molecule has 0 heterocycles. The molecular formula is C12H22O3. The summed E-state index contributed by atoms with van der Waals surface area (Å²) >= 11 is 0. The van der Waals surface area contributed by atoms with Crippen molar-refractivity contribution < 1.29 is 14.7 Å². The lowest BCUT2D eigenvalue weighted by molar-refractivity contribution is -0.140. The Morgan fingerprint density at radius 2 is 1.47 bits per heavy atom. The zero-order chi connectivity index (χ0) is 11.5. The number of carboxylic acid groups (broad SMARTS) is 1. The highest BCUT2D eigenvalue weighted by Gasteiger charge is 2.06. The highest BCUT2D eigenvalue weighted by atomic mass is 16.4. The Kier molecular flexibility index (Phi) is 9.13. The minimum Gasteiger partial charge on any atom is -0.481 e. The van der Waals surface area contributed by atoms with E-state index in [0.29, 0.717) is 6.42 Å². The molecule has 0 aliphatic carbocycles. The van der Waals surface area contributed by atoms with Crippen molar-refractivity contribution in [1.29, 1.82) is 0 Å². The second kappa shape index (κ2) is 9.69. The standard InChI is InChI=1S/C12H22O3/c1-2-3-4-5-6-7-8-9-11(13)10-12(14)15/h2-10H2,1H3,(H,14,15). The minimum atomic E-state index is -1.01. The third-order valence-corrected chi connectivity index (χ3v) is 2.41. The average molecular weight is 214 g/mol. The Morgan fingerprint density at radius 1 is 0.933 bits per heavy atom. The summed E-state index contributed by atoms with van der Waals surface area (Å²) in [4.78, 5) is 21.2. The number of Topliss-reactive ketones (excluding diaryl/α,β-unsaturated/α-hetero) is 1. The summed E-state index contributed by atoms with van der Waals surface area (Å²) in [5, 5.41) is 8.36. The van der Waals surface area contributed by atoms with Gasteiger partial charge in [-0.1, -0.05) is 45.4 Å². The summed E-state index contributed by atoms with van der Waals surface area (Å²) in [5.41, 5.74) is 0. The highest BCUT2D eigenvalue weighted by Crippen LogP contribution is 2.09. The van der Waals surface area contributed by atoms with Gasteiger partial charge in [0.15, 0.2) is 0 Å². The van der Waals surface area contributed by atoms with E-state index in [0.717, 1.165) is 12.8 Å². The van der Waals surface area contributed by atoms with Gasteiger partial charge < -0.3 is 5.11 Å². The molecule has 0 rings (SSSR count). The number of ketones is 1. The van der Waals surface area contributed by atoms with E-state index in [2.05, 4.69) is 6.92 Å². The van der Waals surface area contributed by atoms with Gasteiger partial charge in [-0.15, -0.1) is 0 Å². The Hall–Kier alpha value is -0.860. The van der Waals surface area contributed by atoms with E-state index in [1.165, 1.54) is 32.1 Å². The smallest absolute Gasteiger partial charge is 0.310 e. The molecule has 1 N–H and O–H groups in total. The first-order chi connectivity index (χ1) is 7.16. The monoisotopic (exact) mass is 214 g/mol. The van der Waals surface area contributed by atoms with E-state index < -0.39 is 5.97 Å². The maximum Gasteiger partial charge on any atom is 0.310 e. The topological polar surface area (TPSA) is 54.4 Å². The molecule has 0 radical (unpaired) electrons. The number of hydrogen-bond acceptors (Lipinski definition) is 2. The second-order valence-corrected chi connectivity index (χ2v) is 3.98. The molecule has 88 valence electrons. The van der Waals surface area contributed by atoms with E-state index in [1.807, 2.05) is 0 Å². The van der Waals surface area contributed by atoms with Gasteiger partial charge in [-0.2, -0.15) is 0 Å². The third kappa shape index (κ3) is 11.1. The van der Waals surface area contributed by atoms with Crippen LogP contribution in [-0.4, -0.2) is 16.9 Å². The maximum absolute atomic E-state index is 11.0. The van der Waals surface area contributed by atoms with Crippen LogP contribution in [0.1, 0.15) is 64.7 Å². The van der Waals surface area contributed by atoms with Gasteiger partial charge in [0.1, 0.15) is 12.2 Å². The number of carbonyl (C=O) groups is 2. The van der Waals surface area contributed by atoms with Gasteiger partial charge in [0.05, 0.1) is 0 Å². The molecule has 3 heteroatoms. The number of rotatable bonds is 10. The molecule has 0 aromatic heterocycles. The lowest BCUT2D eigenvalue weighted by Gasteiger charge is -2.00. The van der Waals surface area contributed by atoms with Crippen LogP contribution >= 0.6 is 0 Å². The fourth-order valence-electron chi connectivity index (χ4n) is 1.54. The molecule has 0 spiro atoms. The van der Waals surface area contributed by atoms with Crippen LogP contribution in [0, 0.1) is 0 Å². The summed E-state index contributed by atoms with van der Waals surface area (Å²) in [6.45, 7) is 2.19. The summed E-state index contributed by atoms with van der Waals surface area (Å²) in [6.07, 6.45) is 8.24. The zero-order valence-corrected chi connectivity index (χ0v) is 9.63. The lowest BCUT2D eigenvalue weighted by Crippen LogP contribution is -2.05. The maximum atomic E-state index is 11.0. The van der Waals surface area contributed by atoms with E-state index in [4.69, 9.17) is 5.11 Å². The Labute approximate surface area is 91.9 Å². The molecule has 0 saturated heterocycles. The van der Waals surface area contributed by atoms with Gasteiger partial charge in [-0.05, 0) is 6.42 Å². The van der Waals surface area contributed by atoms with E-state index >= 15 is 0 Å². The third-order valence-electron chi connectivity index (χ3n) is 2.41. The van der Waals surface area contributed by atoms with Crippen LogP contribution in [0.4, 0.5) is 0 Å². The van der Waals surface area contributed by atoms with Gasteiger partial charge in [0, 0.05) is 6.42 Å². The van der Waals surface area contributed by atoms with E-state index in [1.54, 1.807) is 0 Å². The predicted octanol–water partition coefficient (Wildman–Crippen LogP) is 3.17. The quantitative estimate of drug-likeness (QED) is 0.449. The molecule has 0 amide bonds. The number of carboxylic acids is 1. The van der Waals surface area contributed by atoms with Crippen LogP contribution in [0.5, 0.6) is 0 Å². The molecule has 0 aliphatic heterocycles. The fraction of sp³-hybridized carbons (Fsp3) is 0.833. The molecule has 0 aliphatic rings. The van der Waals surface area contributed by atoms with Crippen molar-refractivity contribution in [3.05, 3.63) is 0 Å². The molecule has 3 nitrogen and oxygen atoms in total. The van der Waals surface area contributed by atoms with Gasteiger partial charge in [-0.3, -0.25) is 9.59 Å². The first-order valence-corrected chi connectivity index (χ1v) is 5.90. The van der Waals surface area contributed by atoms with Crippen LogP contribution in [0.25, 0.3) is 0 Å². The minimum absolute atomic E-state index is 0.143. The Balaban J connectivity index is 3.16. The largest absolute Gasteiger partial charge is 0.481 e. The van der Waals surface area contributed by atoms with Crippen molar-refractivity contribution in [2.75, 3.05) is 0 Å². The molecule has 0 bridgehead atoms. The summed E-state index contributed by atoms with van der Waals surface area (Å²) < 4.78 is 0. The van der Waals surface area contributed by atoms with Gasteiger partial charge in [0.25, 0.3) is 0 Å². The molecule has 0 aromatic carbocycles. The van der Waals surface area contributed by atoms with Crippen LogP contribution in [0.3, 0.4) is 0 Å². The van der Waals surface area contributed by atoms with Crippen molar-refractivity contribution in [3.63, 3.8) is 0 Å². The van der Waals surface area contributed by atoms with Crippen LogP contribution in [0.15, 0.2) is 0 Å². The van der Waals surface area contributed by atoms with Crippen molar-refractivity contribution in [3.8, 4) is 0 Å². The first kappa shape index (κ1) is 14.1. The molecule has 15 heavy (non-hydrogen) atoms. The van der Waals surface area contributed by atoms with Crippen molar-refractivity contribution in [2.24, 2.45) is 0 Å². The summed E-state index contributed by atoms with van der Waals surface area (Å²) in [6, 6.07) is 0. The summed E-state index contributed by atoms with van der Waals surface area (Å²) in [5.74, 6) is -1.15. The lowest BCUT2D eigenvalue weighted by atomic mass is 10.1. The van der Waals surface area contributed by atoms with E-state index in [-0.39, 0.29) is 12.2 Å². The number of unbranched alkanes of at least 4 members (excludes halogenated alkanes) is 6. The molecule has 0 aromatic rings. The molecule has 0 saturated carbocycles. The number of hydrogen-bond donors (Lipinski definition) is 1. The zero-order valence-electron chi connectivity index (χ0n) is 9.63. The van der Waals surface area contributed by atoms with Crippen molar-refractivity contribution >= 4 is 11.8 Å². The predicted molar refractivity (Wildman–Crippen MR) is 59.9 cm³/mol. The van der Waals surface area contributed by atoms with E-state index in [9.17, 15) is 9.59 Å². The molecule has 0 atom stereocenters. The molecule has 0 unspecified atom stereocenters. The van der Waals surface area contributed by atoms with Crippen molar-refractivity contribution in [2.45, 2.75) is 64.7 Å². The van der Waals surface area contributed by atoms with Crippen LogP contribution in [-0.2, 0) is 9.59 Å².